The molecule has 0 saturated carbocycles. The molecule has 0 aliphatic rings. The molecule has 1 aromatic heterocycles. The molecule has 4 heteroatoms. The quantitative estimate of drug-likeness (QED) is 0.902. The fraction of sp³-hybridized carbons (Fsp3) is 0.438. The van der Waals surface area contributed by atoms with Crippen molar-refractivity contribution in [1.29, 1.82) is 0 Å². The minimum Gasteiger partial charge on any atom is -0.378 e. The highest BCUT2D eigenvalue weighted by molar-refractivity contribution is 7.11. The summed E-state index contributed by atoms with van der Waals surface area (Å²) in [6.07, 6.45) is 0. The molecule has 0 spiro atoms. The van der Waals surface area contributed by atoms with Gasteiger partial charge in [0.15, 0.2) is 0 Å². The Hall–Kier alpha value is -1.39. The summed E-state index contributed by atoms with van der Waals surface area (Å²) in [6, 6.07) is 8.91. The lowest BCUT2D eigenvalue weighted by Gasteiger charge is -2.16. The number of thiazole rings is 1. The molecule has 2 rings (SSSR count). The fourth-order valence-electron chi connectivity index (χ4n) is 2.39. The molecule has 1 atom stereocenters. The summed E-state index contributed by atoms with van der Waals surface area (Å²) in [7, 11) is 4.18. The molecule has 20 heavy (non-hydrogen) atoms. The summed E-state index contributed by atoms with van der Waals surface area (Å²) in [5.74, 6) is 0. The fourth-order valence-corrected chi connectivity index (χ4v) is 3.32. The Morgan fingerprint density at radius 2 is 2.05 bits per heavy atom. The van der Waals surface area contributed by atoms with Crippen molar-refractivity contribution in [3.63, 3.8) is 0 Å². The Balaban J connectivity index is 2.11. The van der Waals surface area contributed by atoms with Gasteiger partial charge in [0.1, 0.15) is 0 Å². The molecule has 3 nitrogen and oxygen atoms in total. The lowest BCUT2D eigenvalue weighted by atomic mass is 10.1. The van der Waals surface area contributed by atoms with Gasteiger partial charge in [-0.1, -0.05) is 12.1 Å². The van der Waals surface area contributed by atoms with Crippen LogP contribution in [0.1, 0.15) is 34.1 Å². The highest BCUT2D eigenvalue weighted by atomic mass is 32.1. The summed E-state index contributed by atoms with van der Waals surface area (Å²) in [5, 5.41) is 4.71. The normalized spacial score (nSPS) is 12.7. The van der Waals surface area contributed by atoms with Gasteiger partial charge in [-0.2, -0.15) is 0 Å². The summed E-state index contributed by atoms with van der Waals surface area (Å²) in [6.45, 7) is 7.30. The zero-order valence-electron chi connectivity index (χ0n) is 12.9. The smallest absolute Gasteiger partial charge is 0.0900 e. The molecule has 0 bridgehead atoms. The minimum atomic E-state index is 0.288. The maximum absolute atomic E-state index is 4.50. The maximum Gasteiger partial charge on any atom is 0.0900 e. The van der Waals surface area contributed by atoms with Crippen molar-refractivity contribution < 1.29 is 0 Å². The number of benzene rings is 1. The van der Waals surface area contributed by atoms with Gasteiger partial charge >= 0.3 is 0 Å². The Labute approximate surface area is 125 Å². The van der Waals surface area contributed by atoms with Crippen molar-refractivity contribution in [3.05, 3.63) is 45.4 Å². The molecule has 0 amide bonds. The van der Waals surface area contributed by atoms with Crippen molar-refractivity contribution in [1.82, 2.24) is 9.88 Å². The number of nitrogens with zero attached hydrogens (tertiary/aromatic N) is 2. The van der Waals surface area contributed by atoms with Crippen molar-refractivity contribution in [3.8, 4) is 0 Å². The van der Waals surface area contributed by atoms with E-state index in [9.17, 15) is 0 Å². The zero-order chi connectivity index (χ0) is 14.7. The van der Waals surface area contributed by atoms with Gasteiger partial charge in [0.05, 0.1) is 16.7 Å². The summed E-state index contributed by atoms with van der Waals surface area (Å²) in [5.41, 5.74) is 3.63. The van der Waals surface area contributed by atoms with Crippen LogP contribution in [0.25, 0.3) is 0 Å². The number of aromatic nitrogens is 1. The van der Waals surface area contributed by atoms with Gasteiger partial charge in [-0.15, -0.1) is 11.3 Å². The molecule has 1 unspecified atom stereocenters. The minimum absolute atomic E-state index is 0.288. The molecular weight excluding hydrogens is 266 g/mol. The monoisotopic (exact) mass is 289 g/mol. The molecule has 0 fully saturated rings. The Morgan fingerprint density at radius 1 is 1.30 bits per heavy atom. The molecule has 0 aliphatic carbocycles. The molecule has 0 saturated heterocycles. The highest BCUT2D eigenvalue weighted by Gasteiger charge is 2.12. The van der Waals surface area contributed by atoms with E-state index in [0.29, 0.717) is 0 Å². The third-order valence-corrected chi connectivity index (χ3v) is 4.40. The van der Waals surface area contributed by atoms with Crippen molar-refractivity contribution in [2.24, 2.45) is 0 Å². The van der Waals surface area contributed by atoms with Gasteiger partial charge in [0.25, 0.3) is 0 Å². The van der Waals surface area contributed by atoms with Crippen molar-refractivity contribution >= 4 is 17.0 Å². The van der Waals surface area contributed by atoms with Gasteiger partial charge in [-0.3, -0.25) is 0 Å². The van der Waals surface area contributed by atoms with Crippen LogP contribution in [0.4, 0.5) is 5.69 Å². The second kappa shape index (κ2) is 6.37. The molecule has 2 aromatic rings. The van der Waals surface area contributed by atoms with E-state index in [1.165, 1.54) is 16.1 Å². The number of hydrogen-bond acceptors (Lipinski definition) is 4. The zero-order valence-corrected chi connectivity index (χ0v) is 13.7. The van der Waals surface area contributed by atoms with Gasteiger partial charge < -0.3 is 10.2 Å². The lowest BCUT2D eigenvalue weighted by molar-refractivity contribution is 0.402. The van der Waals surface area contributed by atoms with E-state index in [1.807, 2.05) is 0 Å². The molecule has 1 heterocycles. The van der Waals surface area contributed by atoms with Crippen LogP contribution in [0.5, 0.6) is 0 Å². The van der Waals surface area contributed by atoms with Gasteiger partial charge in [-0.25, -0.2) is 4.98 Å². The first-order chi connectivity index (χ1) is 9.45. The van der Waals surface area contributed by atoms with Gasteiger partial charge in [0, 0.05) is 17.1 Å². The van der Waals surface area contributed by atoms with Crippen molar-refractivity contribution in [2.75, 3.05) is 19.4 Å². The number of nitrogens with one attached hydrogen (secondary N) is 1. The Morgan fingerprint density at radius 3 is 2.65 bits per heavy atom. The maximum atomic E-state index is 4.50. The third-order valence-electron chi connectivity index (χ3n) is 3.14. The number of anilines is 1. The van der Waals surface area contributed by atoms with Crippen LogP contribution in [0.3, 0.4) is 0 Å². The van der Waals surface area contributed by atoms with Crippen LogP contribution >= 0.6 is 11.3 Å². The average Bonchev–Trinajstić information content (AvgIpc) is 2.68. The second-order valence-corrected chi connectivity index (χ2v) is 6.72. The molecule has 1 N–H and O–H groups in total. The van der Waals surface area contributed by atoms with E-state index in [0.717, 1.165) is 17.2 Å². The predicted molar refractivity (Wildman–Crippen MR) is 87.5 cm³/mol. The van der Waals surface area contributed by atoms with E-state index in [4.69, 9.17) is 0 Å². The van der Waals surface area contributed by atoms with Crippen LogP contribution in [-0.2, 0) is 6.54 Å². The third kappa shape index (κ3) is 3.81. The van der Waals surface area contributed by atoms with E-state index < -0.39 is 0 Å². The summed E-state index contributed by atoms with van der Waals surface area (Å²) >= 11 is 1.77. The summed E-state index contributed by atoms with van der Waals surface area (Å²) in [4.78, 5) is 8.00. The van der Waals surface area contributed by atoms with Crippen LogP contribution in [0.15, 0.2) is 24.3 Å². The van der Waals surface area contributed by atoms with Gasteiger partial charge in [0.2, 0.25) is 0 Å². The van der Waals surface area contributed by atoms with Crippen LogP contribution in [0, 0.1) is 13.8 Å². The number of rotatable bonds is 5. The molecular formula is C16H23N3S. The van der Waals surface area contributed by atoms with E-state index in [-0.39, 0.29) is 6.04 Å². The standard InChI is InChI=1S/C16H23N3S/c1-11-16(20-13(3)17-11)12(2)18-15-8-6-7-14(9-15)10-19(4)5/h6-9,12,18H,10H2,1-5H3. The average molecular weight is 289 g/mol. The number of aryl methyl sites for hydroxylation is 2. The van der Waals surface area contributed by atoms with Crippen LogP contribution < -0.4 is 5.32 Å². The topological polar surface area (TPSA) is 28.2 Å². The molecule has 108 valence electrons. The van der Waals surface area contributed by atoms with E-state index in [2.05, 4.69) is 74.3 Å². The van der Waals surface area contributed by atoms with Crippen LogP contribution in [-0.4, -0.2) is 24.0 Å². The Kier molecular flexibility index (Phi) is 4.78. The Bertz CT molecular complexity index is 575. The highest BCUT2D eigenvalue weighted by Crippen LogP contribution is 2.27. The van der Waals surface area contributed by atoms with Crippen molar-refractivity contribution in [2.45, 2.75) is 33.4 Å². The van der Waals surface area contributed by atoms with E-state index in [1.54, 1.807) is 11.3 Å². The van der Waals surface area contributed by atoms with Gasteiger partial charge in [-0.05, 0) is 52.6 Å². The molecule has 1 aromatic carbocycles. The largest absolute Gasteiger partial charge is 0.378 e. The molecule has 0 aliphatic heterocycles. The first kappa shape index (κ1) is 15.0. The first-order valence-corrected chi connectivity index (χ1v) is 7.71. The van der Waals surface area contributed by atoms with Crippen LogP contribution in [0.2, 0.25) is 0 Å². The lowest BCUT2D eigenvalue weighted by Crippen LogP contribution is -2.11. The molecule has 0 radical (unpaired) electrons. The predicted octanol–water partition coefficient (Wildman–Crippen LogP) is 3.99. The second-order valence-electron chi connectivity index (χ2n) is 5.49. The van der Waals surface area contributed by atoms with E-state index >= 15 is 0 Å². The summed E-state index contributed by atoms with van der Waals surface area (Å²) < 4.78 is 0. The first-order valence-electron chi connectivity index (χ1n) is 6.90. The number of hydrogen-bond donors (Lipinski definition) is 1. The SMILES string of the molecule is Cc1nc(C)c(C(C)Nc2cccc(CN(C)C)c2)s1.